The van der Waals surface area contributed by atoms with Crippen LogP contribution in [0.2, 0.25) is 0 Å². The number of piperidine rings is 1. The summed E-state index contributed by atoms with van der Waals surface area (Å²) in [4.78, 5) is 24.4. The van der Waals surface area contributed by atoms with Gasteiger partial charge in [0.15, 0.2) is 5.78 Å². The maximum atomic E-state index is 13.2. The highest BCUT2D eigenvalue weighted by atomic mass is 19.1. The number of carbonyl (C=O) groups is 2. The van der Waals surface area contributed by atoms with Crippen molar-refractivity contribution < 1.29 is 18.7 Å². The quantitative estimate of drug-likeness (QED) is 0.507. The molecule has 0 aromatic rings. The highest BCUT2D eigenvalue weighted by molar-refractivity contribution is 6.02. The second kappa shape index (κ2) is 5.21. The van der Waals surface area contributed by atoms with E-state index in [1.54, 1.807) is 0 Å². The van der Waals surface area contributed by atoms with Crippen molar-refractivity contribution in [3.63, 3.8) is 0 Å². The van der Waals surface area contributed by atoms with Gasteiger partial charge in [0.2, 0.25) is 0 Å². The van der Waals surface area contributed by atoms with E-state index >= 15 is 0 Å². The van der Waals surface area contributed by atoms with E-state index in [1.165, 1.54) is 0 Å². The van der Waals surface area contributed by atoms with E-state index < -0.39 is 17.9 Å². The molecule has 0 aromatic carbocycles. The van der Waals surface area contributed by atoms with Crippen LogP contribution in [0.15, 0.2) is 0 Å². The molecule has 0 spiro atoms. The molecule has 1 rings (SSSR count). The predicted octanol–water partition coefficient (Wildman–Crippen LogP) is 0.408. The van der Waals surface area contributed by atoms with Crippen LogP contribution in [0.25, 0.3) is 0 Å². The Balaban J connectivity index is 2.50. The van der Waals surface area contributed by atoms with Gasteiger partial charge >= 0.3 is 5.97 Å². The van der Waals surface area contributed by atoms with Crippen molar-refractivity contribution in [2.24, 2.45) is 5.92 Å². The standard InChI is InChI=1S/C10H16FNO3/c1-12-5-3-7(4-6-12)9(13)8(11)10(14)15-2/h7-8H,3-6H2,1-2H3. The molecule has 1 unspecified atom stereocenters. The average Bonchev–Trinajstić information content (AvgIpc) is 2.27. The number of alkyl halides is 1. The third-order valence-electron chi connectivity index (χ3n) is 2.78. The number of hydrogen-bond acceptors (Lipinski definition) is 4. The fraction of sp³-hybridized carbons (Fsp3) is 0.800. The largest absolute Gasteiger partial charge is 0.467 e. The SMILES string of the molecule is COC(=O)C(F)C(=O)C1CCN(C)CC1. The summed E-state index contributed by atoms with van der Waals surface area (Å²) >= 11 is 0. The number of hydrogen-bond donors (Lipinski definition) is 0. The molecular weight excluding hydrogens is 201 g/mol. The van der Waals surface area contributed by atoms with Crippen molar-refractivity contribution in [2.45, 2.75) is 19.0 Å². The average molecular weight is 217 g/mol. The molecule has 0 radical (unpaired) electrons. The first kappa shape index (κ1) is 12.1. The van der Waals surface area contributed by atoms with Crippen molar-refractivity contribution in [1.29, 1.82) is 0 Å². The molecule has 1 fully saturated rings. The normalized spacial score (nSPS) is 21.0. The molecule has 0 bridgehead atoms. The molecule has 0 N–H and O–H groups in total. The lowest BCUT2D eigenvalue weighted by Crippen LogP contribution is -2.39. The minimum Gasteiger partial charge on any atom is -0.467 e. The number of rotatable bonds is 3. The van der Waals surface area contributed by atoms with Gasteiger partial charge in [-0.2, -0.15) is 0 Å². The molecule has 0 aliphatic carbocycles. The van der Waals surface area contributed by atoms with Crippen molar-refractivity contribution in [3.05, 3.63) is 0 Å². The third kappa shape index (κ3) is 2.99. The molecule has 15 heavy (non-hydrogen) atoms. The second-order valence-electron chi connectivity index (χ2n) is 3.87. The predicted molar refractivity (Wildman–Crippen MR) is 52.1 cm³/mol. The number of Topliss-reactive ketones (excluding diaryl/α,β-unsaturated/α-hetero) is 1. The van der Waals surface area contributed by atoms with Gasteiger partial charge in [-0.05, 0) is 33.0 Å². The van der Waals surface area contributed by atoms with E-state index in [9.17, 15) is 14.0 Å². The Kier molecular flexibility index (Phi) is 4.20. The van der Waals surface area contributed by atoms with Crippen LogP contribution in [-0.4, -0.2) is 50.1 Å². The number of methoxy groups -OCH3 is 1. The number of esters is 1. The van der Waals surface area contributed by atoms with E-state index in [0.717, 1.165) is 20.2 Å². The summed E-state index contributed by atoms with van der Waals surface area (Å²) in [7, 11) is 3.03. The molecule has 0 saturated carbocycles. The molecular formula is C10H16FNO3. The zero-order chi connectivity index (χ0) is 11.4. The lowest BCUT2D eigenvalue weighted by atomic mass is 9.90. The van der Waals surface area contributed by atoms with Crippen LogP contribution in [0.1, 0.15) is 12.8 Å². The molecule has 0 amide bonds. The lowest BCUT2D eigenvalue weighted by Gasteiger charge is -2.28. The molecule has 5 heteroatoms. The van der Waals surface area contributed by atoms with Crippen molar-refractivity contribution in [3.8, 4) is 0 Å². The topological polar surface area (TPSA) is 46.6 Å². The monoisotopic (exact) mass is 217 g/mol. The van der Waals surface area contributed by atoms with Gasteiger partial charge < -0.3 is 9.64 Å². The molecule has 1 aliphatic rings. The second-order valence-corrected chi connectivity index (χ2v) is 3.87. The first-order valence-electron chi connectivity index (χ1n) is 5.00. The summed E-state index contributed by atoms with van der Waals surface area (Å²) in [5.41, 5.74) is 0. The maximum Gasteiger partial charge on any atom is 0.348 e. The number of likely N-dealkylation sites (tertiary alicyclic amines) is 1. The number of halogens is 1. The minimum absolute atomic E-state index is 0.338. The summed E-state index contributed by atoms with van der Waals surface area (Å²) < 4.78 is 17.4. The smallest absolute Gasteiger partial charge is 0.348 e. The Morgan fingerprint density at radius 2 is 1.93 bits per heavy atom. The Labute approximate surface area is 88.4 Å². The van der Waals surface area contributed by atoms with Gasteiger partial charge in [-0.3, -0.25) is 4.79 Å². The van der Waals surface area contributed by atoms with E-state index in [4.69, 9.17) is 0 Å². The van der Waals surface area contributed by atoms with Crippen LogP contribution in [0.5, 0.6) is 0 Å². The highest BCUT2D eigenvalue weighted by Gasteiger charge is 2.34. The van der Waals surface area contributed by atoms with Crippen molar-refractivity contribution in [2.75, 3.05) is 27.2 Å². The van der Waals surface area contributed by atoms with Crippen LogP contribution in [0, 0.1) is 5.92 Å². The van der Waals surface area contributed by atoms with Gasteiger partial charge in [0.1, 0.15) is 0 Å². The molecule has 4 nitrogen and oxygen atoms in total. The molecule has 0 aromatic heterocycles. The Bertz CT molecular complexity index is 249. The first-order chi connectivity index (χ1) is 7.06. The van der Waals surface area contributed by atoms with E-state index in [1.807, 2.05) is 7.05 Å². The lowest BCUT2D eigenvalue weighted by molar-refractivity contribution is -0.152. The molecule has 1 heterocycles. The summed E-state index contributed by atoms with van der Waals surface area (Å²) in [6.45, 7) is 1.54. The van der Waals surface area contributed by atoms with Gasteiger partial charge in [0, 0.05) is 5.92 Å². The highest BCUT2D eigenvalue weighted by Crippen LogP contribution is 2.19. The van der Waals surface area contributed by atoms with Crippen molar-refractivity contribution >= 4 is 11.8 Å². The number of ketones is 1. The zero-order valence-electron chi connectivity index (χ0n) is 9.03. The number of nitrogens with zero attached hydrogens (tertiary/aromatic N) is 1. The van der Waals surface area contributed by atoms with Gasteiger partial charge in [0.05, 0.1) is 7.11 Å². The molecule has 1 saturated heterocycles. The molecule has 1 aliphatic heterocycles. The van der Waals surface area contributed by atoms with Crippen LogP contribution in [-0.2, 0) is 14.3 Å². The number of ether oxygens (including phenoxy) is 1. The van der Waals surface area contributed by atoms with E-state index in [2.05, 4.69) is 9.64 Å². The Hall–Kier alpha value is -0.970. The van der Waals surface area contributed by atoms with Crippen LogP contribution < -0.4 is 0 Å². The minimum atomic E-state index is -2.11. The van der Waals surface area contributed by atoms with Gasteiger partial charge in [0.25, 0.3) is 6.17 Å². The van der Waals surface area contributed by atoms with Gasteiger partial charge in [-0.1, -0.05) is 0 Å². The van der Waals surface area contributed by atoms with Crippen LogP contribution >= 0.6 is 0 Å². The summed E-state index contributed by atoms with van der Waals surface area (Å²) in [6, 6.07) is 0. The fourth-order valence-corrected chi connectivity index (χ4v) is 1.72. The Morgan fingerprint density at radius 3 is 2.40 bits per heavy atom. The van der Waals surface area contributed by atoms with E-state index in [-0.39, 0.29) is 5.92 Å². The maximum absolute atomic E-state index is 13.2. The number of carbonyl (C=O) groups excluding carboxylic acids is 2. The summed E-state index contributed by atoms with van der Waals surface area (Å²) in [5, 5.41) is 0. The van der Waals surface area contributed by atoms with Gasteiger partial charge in [-0.15, -0.1) is 0 Å². The summed E-state index contributed by atoms with van der Waals surface area (Å²) in [5.74, 6) is -2.05. The zero-order valence-corrected chi connectivity index (χ0v) is 9.03. The van der Waals surface area contributed by atoms with Crippen LogP contribution in [0.4, 0.5) is 4.39 Å². The van der Waals surface area contributed by atoms with Crippen molar-refractivity contribution in [1.82, 2.24) is 4.90 Å². The third-order valence-corrected chi connectivity index (χ3v) is 2.78. The van der Waals surface area contributed by atoms with E-state index in [0.29, 0.717) is 12.8 Å². The Morgan fingerprint density at radius 1 is 1.40 bits per heavy atom. The summed E-state index contributed by atoms with van der Waals surface area (Å²) in [6.07, 6.45) is -0.872. The molecule has 86 valence electrons. The fourth-order valence-electron chi connectivity index (χ4n) is 1.72. The first-order valence-corrected chi connectivity index (χ1v) is 5.00. The van der Waals surface area contributed by atoms with Gasteiger partial charge in [-0.25, -0.2) is 9.18 Å². The van der Waals surface area contributed by atoms with Crippen LogP contribution in [0.3, 0.4) is 0 Å². The molecule has 1 atom stereocenters.